The van der Waals surface area contributed by atoms with Gasteiger partial charge in [0.05, 0.1) is 16.3 Å². The molecule has 1 aliphatic heterocycles. The SMILES string of the molecule is Cc1ccc(S(=O)(=O)NCCCCN2CCN(c3ccccc3N)CC2)cc1. The topological polar surface area (TPSA) is 78.7 Å². The van der Waals surface area contributed by atoms with E-state index in [1.165, 1.54) is 0 Å². The number of unbranched alkanes of at least 4 members (excludes halogenated alkanes) is 1. The van der Waals surface area contributed by atoms with Crippen LogP contribution in [0.1, 0.15) is 18.4 Å². The summed E-state index contributed by atoms with van der Waals surface area (Å²) in [4.78, 5) is 5.10. The zero-order valence-electron chi connectivity index (χ0n) is 16.5. The number of nitrogens with two attached hydrogens (primary N) is 1. The number of sulfonamides is 1. The van der Waals surface area contributed by atoms with Crippen molar-refractivity contribution in [2.24, 2.45) is 0 Å². The van der Waals surface area contributed by atoms with Gasteiger partial charge in [-0.3, -0.25) is 4.90 Å². The Kier molecular flexibility index (Phi) is 6.93. The fraction of sp³-hybridized carbons (Fsp3) is 0.429. The molecule has 0 unspecified atom stereocenters. The molecule has 0 spiro atoms. The van der Waals surface area contributed by atoms with Crippen molar-refractivity contribution < 1.29 is 8.42 Å². The average molecular weight is 403 g/mol. The van der Waals surface area contributed by atoms with Crippen molar-refractivity contribution in [1.82, 2.24) is 9.62 Å². The Hall–Kier alpha value is -2.09. The zero-order valence-corrected chi connectivity index (χ0v) is 17.3. The Morgan fingerprint density at radius 3 is 2.32 bits per heavy atom. The third kappa shape index (κ3) is 5.47. The zero-order chi connectivity index (χ0) is 20.0. The lowest BCUT2D eigenvalue weighted by Crippen LogP contribution is -2.46. The van der Waals surface area contributed by atoms with Crippen molar-refractivity contribution in [3.63, 3.8) is 0 Å². The first-order valence-electron chi connectivity index (χ1n) is 9.84. The lowest BCUT2D eigenvalue weighted by Gasteiger charge is -2.36. The summed E-state index contributed by atoms with van der Waals surface area (Å²) >= 11 is 0. The van der Waals surface area contributed by atoms with Crippen LogP contribution in [0.5, 0.6) is 0 Å². The first-order valence-corrected chi connectivity index (χ1v) is 11.3. The second-order valence-corrected chi connectivity index (χ2v) is 9.07. The molecule has 2 aromatic rings. The smallest absolute Gasteiger partial charge is 0.240 e. The van der Waals surface area contributed by atoms with Crippen molar-refractivity contribution >= 4 is 21.4 Å². The van der Waals surface area contributed by atoms with Crippen LogP contribution in [0, 0.1) is 6.92 Å². The van der Waals surface area contributed by atoms with Gasteiger partial charge in [0, 0.05) is 32.7 Å². The molecule has 1 aliphatic rings. The number of nitrogens with one attached hydrogen (secondary N) is 1. The van der Waals surface area contributed by atoms with E-state index in [1.54, 1.807) is 12.1 Å². The number of benzene rings is 2. The van der Waals surface area contributed by atoms with Crippen LogP contribution in [0.25, 0.3) is 0 Å². The first-order chi connectivity index (χ1) is 13.5. The minimum absolute atomic E-state index is 0.328. The van der Waals surface area contributed by atoms with Crippen LogP contribution in [-0.2, 0) is 10.0 Å². The van der Waals surface area contributed by atoms with Crippen LogP contribution in [0.4, 0.5) is 11.4 Å². The third-order valence-electron chi connectivity index (χ3n) is 5.17. The van der Waals surface area contributed by atoms with E-state index >= 15 is 0 Å². The molecule has 0 bridgehead atoms. The molecule has 0 radical (unpaired) electrons. The molecular formula is C21H30N4O2S. The number of para-hydroxylation sites is 2. The molecule has 1 saturated heterocycles. The highest BCUT2D eigenvalue weighted by Crippen LogP contribution is 2.23. The van der Waals surface area contributed by atoms with Crippen LogP contribution < -0.4 is 15.4 Å². The van der Waals surface area contributed by atoms with Crippen LogP contribution in [0.3, 0.4) is 0 Å². The monoisotopic (exact) mass is 402 g/mol. The van der Waals surface area contributed by atoms with Crippen molar-refractivity contribution in [3.8, 4) is 0 Å². The summed E-state index contributed by atoms with van der Waals surface area (Å²) in [6.07, 6.45) is 1.81. The molecule has 2 aromatic carbocycles. The largest absolute Gasteiger partial charge is 0.397 e. The second-order valence-electron chi connectivity index (χ2n) is 7.31. The lowest BCUT2D eigenvalue weighted by atomic mass is 10.2. The molecule has 152 valence electrons. The highest BCUT2D eigenvalue weighted by Gasteiger charge is 2.18. The van der Waals surface area contributed by atoms with Crippen LogP contribution in [-0.4, -0.2) is 52.6 Å². The maximum absolute atomic E-state index is 12.3. The summed E-state index contributed by atoms with van der Waals surface area (Å²) in [5.74, 6) is 0. The van der Waals surface area contributed by atoms with Crippen LogP contribution in [0.15, 0.2) is 53.4 Å². The minimum atomic E-state index is -3.41. The number of piperazine rings is 1. The van der Waals surface area contributed by atoms with Crippen LogP contribution in [0.2, 0.25) is 0 Å². The summed E-state index contributed by atoms with van der Waals surface area (Å²) in [5, 5.41) is 0. The molecule has 0 aliphatic carbocycles. The van der Waals surface area contributed by atoms with Crippen LogP contribution >= 0.6 is 0 Å². The predicted octanol–water partition coefficient (Wildman–Crippen LogP) is 2.46. The molecule has 0 saturated carbocycles. The quantitative estimate of drug-likeness (QED) is 0.524. The highest BCUT2D eigenvalue weighted by molar-refractivity contribution is 7.89. The standard InChI is InChI=1S/C21H30N4O2S/c1-18-8-10-19(11-9-18)28(26,27)23-12-4-5-13-24-14-16-25(17-15-24)21-7-3-2-6-20(21)22/h2-3,6-11,23H,4-5,12-17,22H2,1H3. The van der Waals surface area contributed by atoms with Gasteiger partial charge in [-0.1, -0.05) is 29.8 Å². The number of nitrogen functional groups attached to an aromatic ring is 1. The predicted molar refractivity (Wildman–Crippen MR) is 115 cm³/mol. The Morgan fingerprint density at radius 2 is 1.64 bits per heavy atom. The molecule has 1 heterocycles. The average Bonchev–Trinajstić information content (AvgIpc) is 2.69. The normalized spacial score (nSPS) is 15.7. The Balaban J connectivity index is 1.35. The van der Waals surface area contributed by atoms with E-state index in [9.17, 15) is 8.42 Å². The summed E-state index contributed by atoms with van der Waals surface area (Å²) in [5.41, 5.74) is 9.07. The summed E-state index contributed by atoms with van der Waals surface area (Å²) in [6.45, 7) is 7.34. The summed E-state index contributed by atoms with van der Waals surface area (Å²) < 4.78 is 27.2. The van der Waals surface area contributed by atoms with Gasteiger partial charge >= 0.3 is 0 Å². The molecule has 0 aromatic heterocycles. The van der Waals surface area contributed by atoms with E-state index in [1.807, 2.05) is 37.3 Å². The maximum Gasteiger partial charge on any atom is 0.240 e. The van der Waals surface area contributed by atoms with E-state index in [-0.39, 0.29) is 0 Å². The Labute approximate surface area is 168 Å². The van der Waals surface area contributed by atoms with E-state index in [4.69, 9.17) is 5.73 Å². The number of anilines is 2. The molecular weight excluding hydrogens is 372 g/mol. The van der Waals surface area contributed by atoms with Gasteiger partial charge in [0.15, 0.2) is 0 Å². The molecule has 0 amide bonds. The van der Waals surface area contributed by atoms with E-state index in [2.05, 4.69) is 20.6 Å². The van der Waals surface area contributed by atoms with Gasteiger partial charge in [-0.25, -0.2) is 13.1 Å². The van der Waals surface area contributed by atoms with Gasteiger partial charge in [0.1, 0.15) is 0 Å². The number of nitrogens with zero attached hydrogens (tertiary/aromatic N) is 2. The van der Waals surface area contributed by atoms with E-state index < -0.39 is 10.0 Å². The van der Waals surface area contributed by atoms with E-state index in [0.717, 1.165) is 62.5 Å². The van der Waals surface area contributed by atoms with Crippen molar-refractivity contribution in [3.05, 3.63) is 54.1 Å². The van der Waals surface area contributed by atoms with Crippen molar-refractivity contribution in [2.75, 3.05) is 49.9 Å². The number of aryl methyl sites for hydroxylation is 1. The molecule has 6 nitrogen and oxygen atoms in total. The lowest BCUT2D eigenvalue weighted by molar-refractivity contribution is 0.253. The third-order valence-corrected chi connectivity index (χ3v) is 6.65. The summed E-state index contributed by atoms with van der Waals surface area (Å²) in [6, 6.07) is 14.9. The Morgan fingerprint density at radius 1 is 0.964 bits per heavy atom. The van der Waals surface area contributed by atoms with Crippen molar-refractivity contribution in [1.29, 1.82) is 0 Å². The second kappa shape index (κ2) is 9.41. The number of hydrogen-bond acceptors (Lipinski definition) is 5. The molecule has 0 atom stereocenters. The molecule has 28 heavy (non-hydrogen) atoms. The number of rotatable bonds is 8. The highest BCUT2D eigenvalue weighted by atomic mass is 32.2. The molecule has 7 heteroatoms. The minimum Gasteiger partial charge on any atom is -0.397 e. The Bertz CT molecular complexity index is 860. The number of hydrogen-bond donors (Lipinski definition) is 2. The van der Waals surface area contributed by atoms with Gasteiger partial charge in [-0.05, 0) is 50.6 Å². The molecule has 3 N–H and O–H groups in total. The van der Waals surface area contributed by atoms with Gasteiger partial charge in [-0.2, -0.15) is 0 Å². The van der Waals surface area contributed by atoms with Gasteiger partial charge in [0.2, 0.25) is 10.0 Å². The van der Waals surface area contributed by atoms with Crippen molar-refractivity contribution in [2.45, 2.75) is 24.7 Å². The maximum atomic E-state index is 12.3. The molecule has 1 fully saturated rings. The van der Waals surface area contributed by atoms with Gasteiger partial charge in [0.25, 0.3) is 0 Å². The van der Waals surface area contributed by atoms with E-state index in [0.29, 0.717) is 11.4 Å². The fourth-order valence-electron chi connectivity index (χ4n) is 3.46. The first kappa shape index (κ1) is 20.6. The summed E-state index contributed by atoms with van der Waals surface area (Å²) in [7, 11) is -3.41. The molecule has 3 rings (SSSR count). The van der Waals surface area contributed by atoms with Gasteiger partial charge in [-0.15, -0.1) is 0 Å². The van der Waals surface area contributed by atoms with Gasteiger partial charge < -0.3 is 10.6 Å². The fourth-order valence-corrected chi connectivity index (χ4v) is 4.53.